The number of hydrogen-bond donors (Lipinski definition) is 1. The van der Waals surface area contributed by atoms with Crippen LogP contribution in [0.1, 0.15) is 24.3 Å². The zero-order valence-electron chi connectivity index (χ0n) is 11.0. The second-order valence-electron chi connectivity index (χ2n) is 5.91. The molecular weight excluding hydrogens is 288 g/mol. The number of piperidine rings is 1. The molecule has 1 aromatic rings. The van der Waals surface area contributed by atoms with Crippen LogP contribution in [0.25, 0.3) is 0 Å². The van der Waals surface area contributed by atoms with Gasteiger partial charge in [0.05, 0.1) is 0 Å². The predicted molar refractivity (Wildman–Crippen MR) is 78.9 cm³/mol. The van der Waals surface area contributed by atoms with Gasteiger partial charge in [-0.15, -0.1) is 0 Å². The summed E-state index contributed by atoms with van der Waals surface area (Å²) in [4.78, 5) is 2.50. The van der Waals surface area contributed by atoms with E-state index in [4.69, 9.17) is 0 Å². The van der Waals surface area contributed by atoms with E-state index in [2.05, 4.69) is 57.5 Å². The van der Waals surface area contributed by atoms with Crippen molar-refractivity contribution >= 4 is 15.9 Å². The largest absolute Gasteiger partial charge is 0.316 e. The van der Waals surface area contributed by atoms with E-state index in [9.17, 15) is 0 Å². The second-order valence-corrected chi connectivity index (χ2v) is 6.83. The first-order valence-electron chi connectivity index (χ1n) is 6.84. The van der Waals surface area contributed by atoms with Crippen LogP contribution in [0.2, 0.25) is 0 Å². The Balaban J connectivity index is 1.93. The maximum atomic E-state index is 3.61. The zero-order chi connectivity index (χ0) is 12.6. The Morgan fingerprint density at radius 1 is 1.39 bits per heavy atom. The molecular formula is C15H21BrN2. The smallest absolute Gasteiger partial charge is 0.0178 e. The summed E-state index contributed by atoms with van der Waals surface area (Å²) in [5, 5.41) is 3.58. The summed E-state index contributed by atoms with van der Waals surface area (Å²) >= 11 is 3.61. The van der Waals surface area contributed by atoms with Crippen molar-refractivity contribution in [2.45, 2.75) is 18.8 Å². The van der Waals surface area contributed by atoms with E-state index in [1.54, 1.807) is 0 Å². The maximum Gasteiger partial charge on any atom is 0.0178 e. The topological polar surface area (TPSA) is 15.3 Å². The van der Waals surface area contributed by atoms with Crippen molar-refractivity contribution in [1.82, 2.24) is 10.2 Å². The fourth-order valence-corrected chi connectivity index (χ4v) is 4.18. The highest BCUT2D eigenvalue weighted by molar-refractivity contribution is 9.10. The van der Waals surface area contributed by atoms with Crippen molar-refractivity contribution in [1.29, 1.82) is 0 Å². The molecule has 2 heterocycles. The lowest BCUT2D eigenvalue weighted by Crippen LogP contribution is -2.45. The van der Waals surface area contributed by atoms with Gasteiger partial charge in [0.15, 0.2) is 0 Å². The van der Waals surface area contributed by atoms with Crippen molar-refractivity contribution < 1.29 is 0 Å². The van der Waals surface area contributed by atoms with E-state index in [0.717, 1.165) is 6.54 Å². The molecule has 0 bridgehead atoms. The lowest BCUT2D eigenvalue weighted by Gasteiger charge is -2.42. The average molecular weight is 309 g/mol. The fraction of sp³-hybridized carbons (Fsp3) is 0.600. The Morgan fingerprint density at radius 2 is 2.28 bits per heavy atom. The first-order chi connectivity index (χ1) is 8.70. The van der Waals surface area contributed by atoms with Gasteiger partial charge >= 0.3 is 0 Å². The lowest BCUT2D eigenvalue weighted by molar-refractivity contribution is 0.170. The van der Waals surface area contributed by atoms with Gasteiger partial charge in [0.1, 0.15) is 0 Å². The van der Waals surface area contributed by atoms with E-state index >= 15 is 0 Å². The van der Waals surface area contributed by atoms with Crippen LogP contribution in [-0.2, 0) is 0 Å². The Hall–Kier alpha value is -0.380. The van der Waals surface area contributed by atoms with Crippen molar-refractivity contribution in [3.63, 3.8) is 0 Å². The summed E-state index contributed by atoms with van der Waals surface area (Å²) in [5.41, 5.74) is 1.99. The van der Waals surface area contributed by atoms with Crippen LogP contribution in [0, 0.1) is 5.41 Å². The van der Waals surface area contributed by atoms with Gasteiger partial charge in [0, 0.05) is 23.5 Å². The predicted octanol–water partition coefficient (Wildman–Crippen LogP) is 2.85. The van der Waals surface area contributed by atoms with E-state index in [1.165, 1.54) is 42.5 Å². The van der Waals surface area contributed by atoms with E-state index in [1.807, 2.05) is 0 Å². The zero-order valence-corrected chi connectivity index (χ0v) is 12.5. The van der Waals surface area contributed by atoms with Gasteiger partial charge < -0.3 is 10.2 Å². The van der Waals surface area contributed by atoms with Crippen molar-refractivity contribution in [3.8, 4) is 0 Å². The maximum absolute atomic E-state index is 3.61. The summed E-state index contributed by atoms with van der Waals surface area (Å²) in [5.74, 6) is 0.661. The van der Waals surface area contributed by atoms with Gasteiger partial charge in [-0.2, -0.15) is 0 Å². The molecule has 0 radical (unpaired) electrons. The van der Waals surface area contributed by atoms with Gasteiger partial charge in [-0.25, -0.2) is 0 Å². The number of rotatable bonds is 1. The Kier molecular flexibility index (Phi) is 3.48. The van der Waals surface area contributed by atoms with Gasteiger partial charge in [0.25, 0.3) is 0 Å². The number of hydrogen-bond acceptors (Lipinski definition) is 2. The quantitative estimate of drug-likeness (QED) is 0.858. The minimum Gasteiger partial charge on any atom is -0.316 e. The molecule has 2 unspecified atom stereocenters. The van der Waals surface area contributed by atoms with Crippen molar-refractivity contribution in [3.05, 3.63) is 34.3 Å². The van der Waals surface area contributed by atoms with Crippen LogP contribution in [0.5, 0.6) is 0 Å². The van der Waals surface area contributed by atoms with Crippen LogP contribution in [0.4, 0.5) is 0 Å². The molecule has 2 aliphatic heterocycles. The van der Waals surface area contributed by atoms with Gasteiger partial charge in [-0.05, 0) is 56.1 Å². The minimum absolute atomic E-state index is 0.501. The number of halogens is 1. The normalized spacial score (nSPS) is 33.1. The summed E-state index contributed by atoms with van der Waals surface area (Å²) in [6, 6.07) is 8.88. The highest BCUT2D eigenvalue weighted by Crippen LogP contribution is 2.47. The van der Waals surface area contributed by atoms with Crippen LogP contribution in [0.15, 0.2) is 28.7 Å². The Bertz CT molecular complexity index is 430. The number of nitrogens with one attached hydrogen (secondary N) is 1. The molecule has 1 aromatic carbocycles. The third-order valence-corrected chi connectivity index (χ3v) is 5.21. The molecule has 18 heavy (non-hydrogen) atoms. The van der Waals surface area contributed by atoms with E-state index < -0.39 is 0 Å². The molecule has 3 heteroatoms. The molecule has 2 aliphatic rings. The molecule has 1 spiro atoms. The molecule has 98 valence electrons. The molecule has 2 atom stereocenters. The molecule has 0 aromatic heterocycles. The SMILES string of the molecule is CN1CCC2(CCNCC2c2cccc(Br)c2)C1. The minimum atomic E-state index is 0.501. The van der Waals surface area contributed by atoms with Crippen LogP contribution in [0.3, 0.4) is 0 Å². The molecule has 2 nitrogen and oxygen atoms in total. The number of benzene rings is 1. The first-order valence-corrected chi connectivity index (χ1v) is 7.64. The molecule has 2 saturated heterocycles. The van der Waals surface area contributed by atoms with Gasteiger partial charge in [-0.1, -0.05) is 28.1 Å². The standard InChI is InChI=1S/C15H21BrN2/c1-18-8-6-15(11-18)5-7-17-10-14(15)12-3-2-4-13(16)9-12/h2-4,9,14,17H,5-8,10-11H2,1H3. The summed E-state index contributed by atoms with van der Waals surface area (Å²) in [7, 11) is 2.26. The third-order valence-electron chi connectivity index (χ3n) is 4.71. The van der Waals surface area contributed by atoms with E-state index in [0.29, 0.717) is 11.3 Å². The summed E-state index contributed by atoms with van der Waals surface area (Å²) in [6.07, 6.45) is 2.66. The fourth-order valence-electron chi connectivity index (χ4n) is 3.77. The van der Waals surface area contributed by atoms with Crippen LogP contribution in [-0.4, -0.2) is 38.1 Å². The Labute approximate surface area is 118 Å². The van der Waals surface area contributed by atoms with Gasteiger partial charge in [0.2, 0.25) is 0 Å². The van der Waals surface area contributed by atoms with E-state index in [-0.39, 0.29) is 0 Å². The molecule has 0 saturated carbocycles. The molecule has 2 fully saturated rings. The van der Waals surface area contributed by atoms with Crippen LogP contribution < -0.4 is 5.32 Å². The number of nitrogens with zero attached hydrogens (tertiary/aromatic N) is 1. The lowest BCUT2D eigenvalue weighted by atomic mass is 9.67. The Morgan fingerprint density at radius 3 is 3.00 bits per heavy atom. The molecule has 0 amide bonds. The van der Waals surface area contributed by atoms with Crippen molar-refractivity contribution in [2.24, 2.45) is 5.41 Å². The molecule has 0 aliphatic carbocycles. The molecule has 1 N–H and O–H groups in total. The van der Waals surface area contributed by atoms with Gasteiger partial charge in [-0.3, -0.25) is 0 Å². The summed E-state index contributed by atoms with van der Waals surface area (Å²) < 4.78 is 1.20. The second kappa shape index (κ2) is 4.95. The third kappa shape index (κ3) is 2.24. The summed E-state index contributed by atoms with van der Waals surface area (Å²) in [6.45, 7) is 4.82. The monoisotopic (exact) mass is 308 g/mol. The first kappa shape index (κ1) is 12.6. The number of likely N-dealkylation sites (tertiary alicyclic amines) is 1. The van der Waals surface area contributed by atoms with Crippen molar-refractivity contribution in [2.75, 3.05) is 33.2 Å². The highest BCUT2D eigenvalue weighted by Gasteiger charge is 2.45. The molecule has 3 rings (SSSR count). The van der Waals surface area contributed by atoms with Crippen LogP contribution >= 0.6 is 15.9 Å². The highest BCUT2D eigenvalue weighted by atomic mass is 79.9. The average Bonchev–Trinajstić information content (AvgIpc) is 2.72.